The molecule has 1 unspecified atom stereocenters. The molecule has 3 rings (SSSR count). The topological polar surface area (TPSA) is 163 Å². The summed E-state index contributed by atoms with van der Waals surface area (Å²) in [4.78, 5) is 76.9. The Bertz CT molecular complexity index is 1550. The predicted molar refractivity (Wildman–Crippen MR) is 178 cm³/mol. The summed E-state index contributed by atoms with van der Waals surface area (Å²) in [5, 5.41) is 8.95. The van der Waals surface area contributed by atoms with Crippen molar-refractivity contribution in [3.63, 3.8) is 0 Å². The lowest BCUT2D eigenvalue weighted by Gasteiger charge is -2.36. The number of nitrogens with zero attached hydrogens (tertiary/aromatic N) is 1. The van der Waals surface area contributed by atoms with E-state index >= 15 is 0 Å². The van der Waals surface area contributed by atoms with Crippen LogP contribution >= 0.6 is 0 Å². The Morgan fingerprint density at radius 2 is 1.71 bits per heavy atom. The van der Waals surface area contributed by atoms with Gasteiger partial charge in [-0.3, -0.25) is 19.2 Å². The van der Waals surface area contributed by atoms with Gasteiger partial charge in [0, 0.05) is 25.5 Å². The van der Waals surface area contributed by atoms with Crippen molar-refractivity contribution in [3.8, 4) is 11.5 Å². The van der Waals surface area contributed by atoms with Crippen molar-refractivity contribution in [1.29, 1.82) is 0 Å². The highest BCUT2D eigenvalue weighted by Gasteiger charge is 2.42. The van der Waals surface area contributed by atoms with Gasteiger partial charge in [0.15, 0.2) is 11.5 Å². The number of carboxylic acid groups (broad SMARTS) is 1. The highest BCUT2D eigenvalue weighted by Crippen LogP contribution is 2.32. The summed E-state index contributed by atoms with van der Waals surface area (Å²) in [5.74, 6) is -3.23. The molecule has 0 bridgehead atoms. The molecule has 12 nitrogen and oxygen atoms in total. The van der Waals surface area contributed by atoms with E-state index < -0.39 is 47.2 Å². The molecule has 1 amide bonds. The molecule has 2 aromatic rings. The van der Waals surface area contributed by atoms with Crippen LogP contribution in [-0.4, -0.2) is 78.8 Å². The Labute approximate surface area is 286 Å². The molecule has 0 aromatic heterocycles. The van der Waals surface area contributed by atoms with E-state index in [-0.39, 0.29) is 38.2 Å². The third kappa shape index (κ3) is 11.0. The number of hydrogen-bond acceptors (Lipinski definition) is 10. The highest BCUT2D eigenvalue weighted by molar-refractivity contribution is 6.38. The van der Waals surface area contributed by atoms with Gasteiger partial charge in [0.25, 0.3) is 5.91 Å². The number of hydrogen-bond donors (Lipinski definition) is 1. The van der Waals surface area contributed by atoms with Crippen LogP contribution in [0.25, 0.3) is 0 Å². The Kier molecular flexibility index (Phi) is 14.1. The molecule has 0 radical (unpaired) electrons. The third-order valence-corrected chi connectivity index (χ3v) is 8.33. The number of carbonyl (C=O) groups is 6. The van der Waals surface area contributed by atoms with Gasteiger partial charge in [-0.15, -0.1) is 0 Å². The van der Waals surface area contributed by atoms with Gasteiger partial charge in [-0.2, -0.15) is 0 Å². The number of rotatable bonds is 18. The molecule has 12 heteroatoms. The van der Waals surface area contributed by atoms with Crippen LogP contribution in [0.1, 0.15) is 75.2 Å². The largest absolute Gasteiger partial charge is 0.493 e. The molecular weight excluding hydrogens is 634 g/mol. The average Bonchev–Trinajstić information content (AvgIpc) is 3.10. The van der Waals surface area contributed by atoms with Crippen LogP contribution in [0.4, 0.5) is 0 Å². The van der Waals surface area contributed by atoms with Gasteiger partial charge in [-0.25, -0.2) is 9.59 Å². The maximum atomic E-state index is 13.9. The summed E-state index contributed by atoms with van der Waals surface area (Å²) in [6.07, 6.45) is 2.15. The monoisotopic (exact) mass is 679 g/mol. The van der Waals surface area contributed by atoms with E-state index in [0.717, 1.165) is 11.6 Å². The maximum absolute atomic E-state index is 13.9. The number of Topliss-reactive ketones (excluding diaryl/α,β-unsaturated/α-hetero) is 2. The smallest absolute Gasteiger partial charge is 0.330 e. The summed E-state index contributed by atoms with van der Waals surface area (Å²) < 4.78 is 21.9. The molecule has 0 saturated carbocycles. The lowest BCUT2D eigenvalue weighted by molar-refractivity contribution is -0.165. The third-order valence-electron chi connectivity index (χ3n) is 8.33. The number of ether oxygens (including phenoxy) is 4. The molecule has 264 valence electrons. The molecule has 0 aliphatic carbocycles. The maximum Gasteiger partial charge on any atom is 0.330 e. The molecule has 2 aromatic carbocycles. The van der Waals surface area contributed by atoms with Crippen LogP contribution in [-0.2, 0) is 51.1 Å². The number of benzene rings is 2. The van der Waals surface area contributed by atoms with Gasteiger partial charge in [-0.05, 0) is 74.8 Å². The molecule has 1 saturated heterocycles. The summed E-state index contributed by atoms with van der Waals surface area (Å²) in [7, 11) is 3.07. The van der Waals surface area contributed by atoms with E-state index in [2.05, 4.69) is 6.58 Å². The van der Waals surface area contributed by atoms with E-state index in [1.807, 2.05) is 12.1 Å². The average molecular weight is 680 g/mol. The lowest BCUT2D eigenvalue weighted by Crippen LogP contribution is -2.53. The molecule has 0 spiro atoms. The minimum atomic E-state index is -1.34. The van der Waals surface area contributed by atoms with Gasteiger partial charge < -0.3 is 29.0 Å². The Balaban J connectivity index is 1.86. The number of methoxy groups -OCH3 is 2. The molecule has 1 N–H and O–H groups in total. The number of carbonyl (C=O) groups excluding carboxylic acids is 5. The van der Waals surface area contributed by atoms with E-state index in [0.29, 0.717) is 54.7 Å². The van der Waals surface area contributed by atoms with Crippen molar-refractivity contribution in [2.45, 2.75) is 77.4 Å². The second-order valence-electron chi connectivity index (χ2n) is 12.5. The van der Waals surface area contributed by atoms with Crippen molar-refractivity contribution in [2.24, 2.45) is 5.41 Å². The highest BCUT2D eigenvalue weighted by atomic mass is 16.5. The van der Waals surface area contributed by atoms with Crippen LogP contribution in [0.2, 0.25) is 0 Å². The van der Waals surface area contributed by atoms with Crippen LogP contribution in [0.3, 0.4) is 0 Å². The van der Waals surface area contributed by atoms with Gasteiger partial charge >= 0.3 is 17.9 Å². The Morgan fingerprint density at radius 1 is 0.980 bits per heavy atom. The first-order valence-electron chi connectivity index (χ1n) is 16.2. The van der Waals surface area contributed by atoms with Gasteiger partial charge in [-0.1, -0.05) is 36.9 Å². The molecule has 2 atom stereocenters. The first-order chi connectivity index (χ1) is 23.3. The van der Waals surface area contributed by atoms with Gasteiger partial charge in [0.05, 0.1) is 26.1 Å². The molecule has 1 fully saturated rings. The number of ketones is 2. The summed E-state index contributed by atoms with van der Waals surface area (Å²) in [5.41, 5.74) is 0.802. The first-order valence-corrected chi connectivity index (χ1v) is 16.2. The van der Waals surface area contributed by atoms with Crippen LogP contribution in [0.5, 0.6) is 11.5 Å². The number of likely N-dealkylation sites (tertiary alicyclic amines) is 1. The predicted octanol–water partition coefficient (Wildman–Crippen LogP) is 4.60. The Morgan fingerprint density at radius 3 is 2.39 bits per heavy atom. The number of aryl methyl sites for hydroxylation is 1. The number of piperidine rings is 1. The summed E-state index contributed by atoms with van der Waals surface area (Å²) >= 11 is 0. The van der Waals surface area contributed by atoms with E-state index in [1.165, 1.54) is 33.0 Å². The van der Waals surface area contributed by atoms with Crippen LogP contribution < -0.4 is 9.47 Å². The van der Waals surface area contributed by atoms with E-state index in [4.69, 9.17) is 24.1 Å². The molecule has 1 heterocycles. The molecule has 1 aliphatic rings. The molecule has 49 heavy (non-hydrogen) atoms. The van der Waals surface area contributed by atoms with Gasteiger partial charge in [0.1, 0.15) is 24.5 Å². The zero-order valence-electron chi connectivity index (χ0n) is 28.5. The SMILES string of the molecule is C=CC(=O)OCC(C)(C)C(=O)C(=O)N1CCCCC1C(=O)O[C@H](CCc1ccc(OC)c(OC)c1)c1cccc(CC(=O)CCC(=O)O)c1. The fraction of sp³-hybridized carbons (Fsp3) is 0.459. The number of aliphatic carboxylic acids is 1. The minimum absolute atomic E-state index is 0.0162. The minimum Gasteiger partial charge on any atom is -0.493 e. The second kappa shape index (κ2) is 18.0. The lowest BCUT2D eigenvalue weighted by atomic mass is 9.87. The fourth-order valence-corrected chi connectivity index (χ4v) is 5.53. The van der Waals surface area contributed by atoms with Gasteiger partial charge in [0.2, 0.25) is 5.78 Å². The van der Waals surface area contributed by atoms with Crippen molar-refractivity contribution >= 4 is 35.4 Å². The van der Waals surface area contributed by atoms with Crippen molar-refractivity contribution in [1.82, 2.24) is 4.90 Å². The quantitative estimate of drug-likeness (QED) is 0.133. The van der Waals surface area contributed by atoms with Crippen molar-refractivity contribution in [2.75, 3.05) is 27.4 Å². The number of esters is 2. The standard InChI is InChI=1S/C37H45NO11/c1-6-33(42)48-23-37(2,3)34(43)35(44)38-19-8-7-12-28(38)36(45)49-29(16-13-24-14-17-30(46-4)31(22-24)47-5)26-11-9-10-25(20-26)21-27(39)15-18-32(40)41/h6,9-11,14,17,20,22,28-29H,1,7-8,12-13,15-16,18-19,21,23H2,2-5H3,(H,40,41)/t28?,29-/m1/s1. The second-order valence-corrected chi connectivity index (χ2v) is 12.5. The fourth-order valence-electron chi connectivity index (χ4n) is 5.53. The van der Waals surface area contributed by atoms with E-state index in [9.17, 15) is 28.8 Å². The number of carboxylic acids is 1. The molecule has 1 aliphatic heterocycles. The van der Waals surface area contributed by atoms with Crippen molar-refractivity contribution in [3.05, 3.63) is 71.8 Å². The summed E-state index contributed by atoms with van der Waals surface area (Å²) in [6, 6.07) is 11.5. The normalized spacial score (nSPS) is 15.0. The van der Waals surface area contributed by atoms with Crippen LogP contribution in [0.15, 0.2) is 55.1 Å². The summed E-state index contributed by atoms with van der Waals surface area (Å²) in [6.45, 7) is 6.16. The van der Waals surface area contributed by atoms with Crippen LogP contribution in [0, 0.1) is 5.41 Å². The Hall–Kier alpha value is -5.00. The zero-order valence-corrected chi connectivity index (χ0v) is 28.5. The number of amides is 1. The van der Waals surface area contributed by atoms with E-state index in [1.54, 1.807) is 30.3 Å². The molecular formula is C37H45NO11. The first kappa shape index (κ1) is 38.4. The van der Waals surface area contributed by atoms with Crippen molar-refractivity contribution < 1.29 is 52.8 Å². The zero-order chi connectivity index (χ0) is 36.1.